The fourth-order valence-corrected chi connectivity index (χ4v) is 2.13. The van der Waals surface area contributed by atoms with E-state index in [9.17, 15) is 0 Å². The number of nitrogens with one attached hydrogen (secondary N) is 1. The fourth-order valence-electron chi connectivity index (χ4n) is 2.13. The summed E-state index contributed by atoms with van der Waals surface area (Å²) >= 11 is 0. The van der Waals surface area contributed by atoms with Gasteiger partial charge in [0.2, 0.25) is 0 Å². The third-order valence-corrected chi connectivity index (χ3v) is 2.96. The van der Waals surface area contributed by atoms with Crippen LogP contribution < -0.4 is 5.32 Å². The van der Waals surface area contributed by atoms with Gasteiger partial charge in [-0.15, -0.1) is 0 Å². The third-order valence-electron chi connectivity index (χ3n) is 2.96. The van der Waals surface area contributed by atoms with Gasteiger partial charge in [-0.05, 0) is 59.7 Å². The molecule has 13 heavy (non-hydrogen) atoms. The summed E-state index contributed by atoms with van der Waals surface area (Å²) < 4.78 is 0. The van der Waals surface area contributed by atoms with Gasteiger partial charge in [0.05, 0.1) is 0 Å². The van der Waals surface area contributed by atoms with Crippen molar-refractivity contribution in [2.24, 2.45) is 5.92 Å². The molecule has 0 aromatic carbocycles. The Morgan fingerprint density at radius 3 is 2.62 bits per heavy atom. The first-order valence-corrected chi connectivity index (χ1v) is 5.43. The van der Waals surface area contributed by atoms with E-state index < -0.39 is 0 Å². The van der Waals surface area contributed by atoms with Gasteiger partial charge in [-0.1, -0.05) is 0 Å². The maximum Gasteiger partial charge on any atom is 0.0125 e. The number of nitrogens with zero attached hydrogens (tertiary/aromatic N) is 1. The lowest BCUT2D eigenvalue weighted by Crippen LogP contribution is -2.48. The van der Waals surface area contributed by atoms with Gasteiger partial charge < -0.3 is 5.32 Å². The first kappa shape index (κ1) is 11.0. The minimum absolute atomic E-state index is 0.354. The molecule has 2 heteroatoms. The number of piperidine rings is 1. The predicted molar refractivity (Wildman–Crippen MR) is 58.0 cm³/mol. The molecule has 0 bridgehead atoms. The molecule has 2 nitrogen and oxygen atoms in total. The summed E-state index contributed by atoms with van der Waals surface area (Å²) in [5.74, 6) is 0.859. The van der Waals surface area contributed by atoms with Crippen molar-refractivity contribution in [2.75, 3.05) is 26.7 Å². The Morgan fingerprint density at radius 2 is 2.08 bits per heavy atom. The fraction of sp³-hybridized carbons (Fsp3) is 1.00. The minimum Gasteiger partial charge on any atom is -0.319 e. The second-order valence-electron chi connectivity index (χ2n) is 5.18. The Balaban J connectivity index is 2.42. The van der Waals surface area contributed by atoms with Crippen LogP contribution in [0.25, 0.3) is 0 Å². The van der Waals surface area contributed by atoms with Gasteiger partial charge in [-0.3, -0.25) is 4.90 Å². The quantitative estimate of drug-likeness (QED) is 0.703. The van der Waals surface area contributed by atoms with E-state index in [1.165, 1.54) is 32.5 Å². The van der Waals surface area contributed by atoms with Crippen molar-refractivity contribution in [1.82, 2.24) is 10.2 Å². The number of hydrogen-bond donors (Lipinski definition) is 1. The van der Waals surface area contributed by atoms with E-state index in [4.69, 9.17) is 0 Å². The highest BCUT2D eigenvalue weighted by atomic mass is 15.2. The molecule has 78 valence electrons. The maximum atomic E-state index is 3.28. The molecule has 0 amide bonds. The SMILES string of the molecule is CNC[C@H]1CCCN(C(C)(C)C)C1. The lowest BCUT2D eigenvalue weighted by Gasteiger charge is -2.41. The molecule has 0 unspecified atom stereocenters. The van der Waals surface area contributed by atoms with Crippen molar-refractivity contribution >= 4 is 0 Å². The topological polar surface area (TPSA) is 15.3 Å². The average molecular weight is 184 g/mol. The van der Waals surface area contributed by atoms with E-state index in [0.717, 1.165) is 5.92 Å². The molecule has 0 aromatic heterocycles. The lowest BCUT2D eigenvalue weighted by molar-refractivity contribution is 0.0794. The van der Waals surface area contributed by atoms with Crippen molar-refractivity contribution < 1.29 is 0 Å². The Labute approximate surface area is 82.7 Å². The Kier molecular flexibility index (Phi) is 3.74. The van der Waals surface area contributed by atoms with Gasteiger partial charge in [0.1, 0.15) is 0 Å². The largest absolute Gasteiger partial charge is 0.319 e. The number of hydrogen-bond acceptors (Lipinski definition) is 2. The van der Waals surface area contributed by atoms with Crippen LogP contribution in [0.4, 0.5) is 0 Å². The first-order valence-electron chi connectivity index (χ1n) is 5.43. The van der Waals surface area contributed by atoms with E-state index in [2.05, 4.69) is 38.0 Å². The molecule has 1 aliphatic heterocycles. The van der Waals surface area contributed by atoms with Crippen LogP contribution >= 0.6 is 0 Å². The zero-order valence-electron chi connectivity index (χ0n) is 9.56. The van der Waals surface area contributed by atoms with E-state index in [1.807, 2.05) is 0 Å². The van der Waals surface area contributed by atoms with Gasteiger partial charge in [-0.25, -0.2) is 0 Å². The van der Waals surface area contributed by atoms with Crippen molar-refractivity contribution in [3.8, 4) is 0 Å². The van der Waals surface area contributed by atoms with Crippen LogP contribution in [0.5, 0.6) is 0 Å². The monoisotopic (exact) mass is 184 g/mol. The summed E-state index contributed by atoms with van der Waals surface area (Å²) in [4.78, 5) is 2.61. The van der Waals surface area contributed by atoms with Crippen molar-refractivity contribution in [1.29, 1.82) is 0 Å². The molecule has 1 heterocycles. The predicted octanol–water partition coefficient (Wildman–Crippen LogP) is 1.72. The van der Waals surface area contributed by atoms with Gasteiger partial charge in [0, 0.05) is 12.1 Å². The summed E-state index contributed by atoms with van der Waals surface area (Å²) in [6.45, 7) is 10.7. The summed E-state index contributed by atoms with van der Waals surface area (Å²) in [6.07, 6.45) is 2.76. The maximum absolute atomic E-state index is 3.28. The average Bonchev–Trinajstić information content (AvgIpc) is 2.04. The van der Waals surface area contributed by atoms with E-state index in [0.29, 0.717) is 5.54 Å². The van der Waals surface area contributed by atoms with E-state index in [1.54, 1.807) is 0 Å². The van der Waals surface area contributed by atoms with Gasteiger partial charge in [0.15, 0.2) is 0 Å². The summed E-state index contributed by atoms with van der Waals surface area (Å²) in [6, 6.07) is 0. The zero-order valence-corrected chi connectivity index (χ0v) is 9.56. The van der Waals surface area contributed by atoms with Crippen LogP contribution in [0.3, 0.4) is 0 Å². The first-order chi connectivity index (χ1) is 6.04. The molecule has 1 rings (SSSR count). The Bertz CT molecular complexity index is 147. The smallest absolute Gasteiger partial charge is 0.0125 e. The van der Waals surface area contributed by atoms with Gasteiger partial charge >= 0.3 is 0 Å². The summed E-state index contributed by atoms with van der Waals surface area (Å²) in [5.41, 5.74) is 0.354. The van der Waals surface area contributed by atoms with Crippen LogP contribution in [0.2, 0.25) is 0 Å². The van der Waals surface area contributed by atoms with E-state index >= 15 is 0 Å². The molecular formula is C11H24N2. The highest BCUT2D eigenvalue weighted by Crippen LogP contribution is 2.22. The molecule has 1 N–H and O–H groups in total. The normalized spacial score (nSPS) is 26.3. The Hall–Kier alpha value is -0.0800. The number of rotatable bonds is 2. The van der Waals surface area contributed by atoms with E-state index in [-0.39, 0.29) is 0 Å². The molecule has 0 radical (unpaired) electrons. The minimum atomic E-state index is 0.354. The lowest BCUT2D eigenvalue weighted by atomic mass is 9.93. The number of likely N-dealkylation sites (tertiary alicyclic amines) is 1. The Morgan fingerprint density at radius 1 is 1.38 bits per heavy atom. The molecule has 0 aliphatic carbocycles. The summed E-state index contributed by atoms with van der Waals surface area (Å²) in [5, 5.41) is 3.28. The van der Waals surface area contributed by atoms with Crippen molar-refractivity contribution in [3.63, 3.8) is 0 Å². The third kappa shape index (κ3) is 3.28. The second-order valence-corrected chi connectivity index (χ2v) is 5.18. The van der Waals surface area contributed by atoms with Gasteiger partial charge in [0.25, 0.3) is 0 Å². The zero-order chi connectivity index (χ0) is 9.90. The van der Waals surface area contributed by atoms with Crippen LogP contribution in [-0.2, 0) is 0 Å². The van der Waals surface area contributed by atoms with Crippen LogP contribution in [0.1, 0.15) is 33.6 Å². The molecule has 1 aliphatic rings. The highest BCUT2D eigenvalue weighted by Gasteiger charge is 2.27. The standard InChI is InChI=1S/C11H24N2/c1-11(2,3)13-7-5-6-10(9-13)8-12-4/h10,12H,5-9H2,1-4H3/t10-/m1/s1. The molecule has 0 saturated carbocycles. The molecule has 1 saturated heterocycles. The second kappa shape index (κ2) is 4.43. The molecular weight excluding hydrogens is 160 g/mol. The van der Waals surface area contributed by atoms with Crippen molar-refractivity contribution in [3.05, 3.63) is 0 Å². The van der Waals surface area contributed by atoms with Crippen LogP contribution in [0, 0.1) is 5.92 Å². The van der Waals surface area contributed by atoms with Crippen molar-refractivity contribution in [2.45, 2.75) is 39.2 Å². The summed E-state index contributed by atoms with van der Waals surface area (Å²) in [7, 11) is 2.05. The molecule has 1 atom stereocenters. The van der Waals surface area contributed by atoms with Gasteiger partial charge in [-0.2, -0.15) is 0 Å². The molecule has 1 fully saturated rings. The van der Waals surface area contributed by atoms with Crippen LogP contribution in [0.15, 0.2) is 0 Å². The molecule has 0 aromatic rings. The highest BCUT2D eigenvalue weighted by molar-refractivity contribution is 4.82. The molecule has 0 spiro atoms. The van der Waals surface area contributed by atoms with Crippen LogP contribution in [-0.4, -0.2) is 37.1 Å².